The molecule has 1 nitrogen and oxygen atoms in total. The van der Waals surface area contributed by atoms with Gasteiger partial charge in [-0.15, -0.1) is 0 Å². The predicted molar refractivity (Wildman–Crippen MR) is 191 cm³/mol. The van der Waals surface area contributed by atoms with Crippen LogP contribution in [0.5, 0.6) is 0 Å². The van der Waals surface area contributed by atoms with Gasteiger partial charge in [-0.2, -0.15) is 0 Å². The lowest BCUT2D eigenvalue weighted by Crippen LogP contribution is -1.91. The van der Waals surface area contributed by atoms with Crippen LogP contribution >= 0.6 is 0 Å². The van der Waals surface area contributed by atoms with Crippen molar-refractivity contribution in [1.82, 2.24) is 0 Å². The largest absolute Gasteiger partial charge is 0.456 e. The maximum atomic E-state index is 6.23. The molecule has 208 valence electrons. The molecule has 9 aromatic carbocycles. The Morgan fingerprint density at radius 1 is 0.311 bits per heavy atom. The molecule has 0 spiro atoms. The molecular weight excluding hydrogens is 544 g/mol. The first kappa shape index (κ1) is 24.5. The molecule has 0 saturated carbocycles. The summed E-state index contributed by atoms with van der Waals surface area (Å²) in [7, 11) is 0. The Morgan fingerprint density at radius 2 is 0.822 bits per heavy atom. The van der Waals surface area contributed by atoms with Crippen LogP contribution in [0.2, 0.25) is 0 Å². The summed E-state index contributed by atoms with van der Waals surface area (Å²) in [5, 5.41) is 12.5. The summed E-state index contributed by atoms with van der Waals surface area (Å²) in [5.41, 5.74) is 9.39. The highest BCUT2D eigenvalue weighted by Gasteiger charge is 2.19. The zero-order valence-electron chi connectivity index (χ0n) is 24.4. The smallest absolute Gasteiger partial charge is 0.136 e. The molecule has 1 heteroatoms. The molecule has 0 saturated heterocycles. The van der Waals surface area contributed by atoms with E-state index in [1.807, 2.05) is 0 Å². The van der Waals surface area contributed by atoms with Crippen molar-refractivity contribution in [3.63, 3.8) is 0 Å². The summed E-state index contributed by atoms with van der Waals surface area (Å²) < 4.78 is 6.23. The molecule has 45 heavy (non-hydrogen) atoms. The molecule has 0 fully saturated rings. The summed E-state index contributed by atoms with van der Waals surface area (Å²) in [4.78, 5) is 0. The molecule has 0 bridgehead atoms. The molecule has 10 aromatic rings. The molecule has 0 aliphatic rings. The van der Waals surface area contributed by atoms with Gasteiger partial charge in [0, 0.05) is 10.8 Å². The summed E-state index contributed by atoms with van der Waals surface area (Å²) >= 11 is 0. The van der Waals surface area contributed by atoms with Crippen LogP contribution in [0.15, 0.2) is 162 Å². The van der Waals surface area contributed by atoms with Crippen molar-refractivity contribution in [3.8, 4) is 33.4 Å². The summed E-state index contributed by atoms with van der Waals surface area (Å²) in [6.45, 7) is 0. The Labute approximate surface area is 259 Å². The van der Waals surface area contributed by atoms with Crippen molar-refractivity contribution >= 4 is 65.0 Å². The van der Waals surface area contributed by atoms with Gasteiger partial charge in [-0.1, -0.05) is 140 Å². The normalized spacial score (nSPS) is 12.0. The van der Waals surface area contributed by atoms with Gasteiger partial charge in [0.25, 0.3) is 0 Å². The number of rotatable bonds is 3. The van der Waals surface area contributed by atoms with Crippen LogP contribution in [0, 0.1) is 0 Å². The minimum absolute atomic E-state index is 0.946. The van der Waals surface area contributed by atoms with Gasteiger partial charge in [-0.25, -0.2) is 0 Å². The summed E-state index contributed by atoms with van der Waals surface area (Å²) in [6.07, 6.45) is 0. The van der Waals surface area contributed by atoms with Crippen LogP contribution in [-0.4, -0.2) is 0 Å². The van der Waals surface area contributed by atoms with Crippen molar-refractivity contribution < 1.29 is 4.42 Å². The molecule has 1 aromatic heterocycles. The Morgan fingerprint density at radius 3 is 1.56 bits per heavy atom. The lowest BCUT2D eigenvalue weighted by molar-refractivity contribution is 0.669. The number of furan rings is 1. The van der Waals surface area contributed by atoms with Gasteiger partial charge in [0.15, 0.2) is 0 Å². The molecule has 0 amide bonds. The molecular formula is C44H26O. The fourth-order valence-electron chi connectivity index (χ4n) is 7.70. The van der Waals surface area contributed by atoms with Crippen LogP contribution in [0.3, 0.4) is 0 Å². The van der Waals surface area contributed by atoms with Crippen molar-refractivity contribution in [2.24, 2.45) is 0 Å². The third-order valence-electron chi connectivity index (χ3n) is 9.62. The minimum atomic E-state index is 0.946. The number of fused-ring (bicyclic) bond motifs is 3. The fraction of sp³-hybridized carbons (Fsp3) is 0. The van der Waals surface area contributed by atoms with E-state index >= 15 is 0 Å². The van der Waals surface area contributed by atoms with Crippen LogP contribution in [0.25, 0.3) is 98.4 Å². The zero-order valence-corrected chi connectivity index (χ0v) is 24.4. The van der Waals surface area contributed by atoms with Gasteiger partial charge in [0.1, 0.15) is 11.2 Å². The van der Waals surface area contributed by atoms with Gasteiger partial charge in [0.2, 0.25) is 0 Å². The third kappa shape index (κ3) is 3.50. The van der Waals surface area contributed by atoms with Gasteiger partial charge >= 0.3 is 0 Å². The first-order valence-corrected chi connectivity index (χ1v) is 15.5. The number of hydrogen-bond acceptors (Lipinski definition) is 1. The fourth-order valence-corrected chi connectivity index (χ4v) is 7.70. The molecule has 0 N–H and O–H groups in total. The van der Waals surface area contributed by atoms with E-state index in [4.69, 9.17) is 4.42 Å². The van der Waals surface area contributed by atoms with E-state index in [1.165, 1.54) is 87.2 Å². The van der Waals surface area contributed by atoms with E-state index < -0.39 is 0 Å². The Kier molecular flexibility index (Phi) is 5.06. The van der Waals surface area contributed by atoms with Crippen molar-refractivity contribution in [2.75, 3.05) is 0 Å². The number of hydrogen-bond donors (Lipinski definition) is 0. The lowest BCUT2D eigenvalue weighted by atomic mass is 9.84. The lowest BCUT2D eigenvalue weighted by Gasteiger charge is -2.19. The van der Waals surface area contributed by atoms with Crippen LogP contribution in [-0.2, 0) is 0 Å². The molecule has 0 aliphatic heterocycles. The maximum absolute atomic E-state index is 6.23. The van der Waals surface area contributed by atoms with E-state index in [9.17, 15) is 0 Å². The minimum Gasteiger partial charge on any atom is -0.456 e. The first-order valence-electron chi connectivity index (χ1n) is 15.5. The average Bonchev–Trinajstić information content (AvgIpc) is 3.50. The quantitative estimate of drug-likeness (QED) is 0.152. The summed E-state index contributed by atoms with van der Waals surface area (Å²) in [6, 6.07) is 57.4. The topological polar surface area (TPSA) is 13.1 Å². The van der Waals surface area contributed by atoms with E-state index in [1.54, 1.807) is 0 Å². The Hall–Kier alpha value is -5.92. The van der Waals surface area contributed by atoms with Crippen molar-refractivity contribution in [1.29, 1.82) is 0 Å². The highest BCUT2D eigenvalue weighted by molar-refractivity contribution is 6.26. The van der Waals surface area contributed by atoms with E-state index in [2.05, 4.69) is 158 Å². The number of benzene rings is 9. The monoisotopic (exact) mass is 570 g/mol. The molecule has 0 aliphatic carbocycles. The third-order valence-corrected chi connectivity index (χ3v) is 9.62. The standard InChI is InChI=1S/C44H26O/c1-2-13-31-27(10-1)11-7-18-32(31)43-35-16-5-3-14-33(35)41(34-15-4-6-17-36(34)43)29-24-22-28(23-25-29)38-26-30-12-8-20-39-42(30)44-37(38)19-9-21-40(44)45-39/h1-26H. The van der Waals surface area contributed by atoms with E-state index in [0.717, 1.165) is 11.2 Å². The highest BCUT2D eigenvalue weighted by Crippen LogP contribution is 2.46. The van der Waals surface area contributed by atoms with Gasteiger partial charge in [-0.05, 0) is 94.7 Å². The zero-order chi connectivity index (χ0) is 29.5. The van der Waals surface area contributed by atoms with Gasteiger partial charge in [-0.3, -0.25) is 0 Å². The van der Waals surface area contributed by atoms with Crippen molar-refractivity contribution in [3.05, 3.63) is 158 Å². The molecule has 0 atom stereocenters. The van der Waals surface area contributed by atoms with E-state index in [-0.39, 0.29) is 0 Å². The van der Waals surface area contributed by atoms with Gasteiger partial charge in [0.05, 0.1) is 0 Å². The molecule has 10 rings (SSSR count). The van der Waals surface area contributed by atoms with Crippen LogP contribution in [0.1, 0.15) is 0 Å². The first-order chi connectivity index (χ1) is 22.3. The maximum Gasteiger partial charge on any atom is 0.136 e. The SMILES string of the molecule is c1ccc2c(-c3c4ccccc4c(-c4ccc(-c5cc6cccc7oc8cccc5c8c67)cc4)c4ccccc34)cccc2c1. The molecule has 0 radical (unpaired) electrons. The Balaban J connectivity index is 1.21. The van der Waals surface area contributed by atoms with Crippen LogP contribution < -0.4 is 0 Å². The second kappa shape index (κ2) is 9.29. The average molecular weight is 571 g/mol. The predicted octanol–water partition coefficient (Wildman–Crippen LogP) is 12.6. The highest BCUT2D eigenvalue weighted by atomic mass is 16.3. The van der Waals surface area contributed by atoms with Gasteiger partial charge < -0.3 is 4.42 Å². The molecule has 0 unspecified atom stereocenters. The van der Waals surface area contributed by atoms with E-state index in [0.29, 0.717) is 0 Å². The Bertz CT molecular complexity index is 2680. The second-order valence-electron chi connectivity index (χ2n) is 12.0. The summed E-state index contributed by atoms with van der Waals surface area (Å²) in [5.74, 6) is 0. The second-order valence-corrected chi connectivity index (χ2v) is 12.0. The van der Waals surface area contributed by atoms with Crippen molar-refractivity contribution in [2.45, 2.75) is 0 Å². The van der Waals surface area contributed by atoms with Crippen LogP contribution in [0.4, 0.5) is 0 Å². The molecule has 1 heterocycles.